The summed E-state index contributed by atoms with van der Waals surface area (Å²) in [5.41, 5.74) is 2.21. The Morgan fingerprint density at radius 2 is 2.28 bits per heavy atom. The van der Waals surface area contributed by atoms with Gasteiger partial charge in [0.05, 0.1) is 13.0 Å². The summed E-state index contributed by atoms with van der Waals surface area (Å²) >= 11 is 0. The van der Waals surface area contributed by atoms with Crippen molar-refractivity contribution in [2.45, 2.75) is 38.1 Å². The summed E-state index contributed by atoms with van der Waals surface area (Å²) in [6, 6.07) is 8.67. The van der Waals surface area contributed by atoms with Crippen LogP contribution in [0.4, 0.5) is 0 Å². The Bertz CT molecular complexity index is 413. The van der Waals surface area contributed by atoms with Gasteiger partial charge in [0, 0.05) is 12.6 Å². The molecule has 1 saturated carbocycles. The molecule has 0 heterocycles. The number of hydrogen-bond donors (Lipinski definition) is 1. The summed E-state index contributed by atoms with van der Waals surface area (Å²) in [6.07, 6.45) is 3.74. The van der Waals surface area contributed by atoms with E-state index in [1.165, 1.54) is 31.9 Å². The molecule has 1 aromatic carbocycles. The Morgan fingerprint density at radius 1 is 1.50 bits per heavy atom. The van der Waals surface area contributed by atoms with E-state index in [4.69, 9.17) is 4.74 Å². The van der Waals surface area contributed by atoms with E-state index in [-0.39, 0.29) is 11.9 Å². The molecule has 1 aliphatic rings. The highest BCUT2D eigenvalue weighted by atomic mass is 16.5. The van der Waals surface area contributed by atoms with Crippen molar-refractivity contribution in [3.63, 3.8) is 0 Å². The first-order chi connectivity index (χ1) is 8.70. The van der Waals surface area contributed by atoms with Gasteiger partial charge in [-0.2, -0.15) is 0 Å². The van der Waals surface area contributed by atoms with Gasteiger partial charge in [0.15, 0.2) is 0 Å². The first kappa shape index (κ1) is 13.1. The number of nitrogens with one attached hydrogen (secondary N) is 1. The van der Waals surface area contributed by atoms with Crippen LogP contribution >= 0.6 is 0 Å². The third-order valence-electron chi connectivity index (χ3n) is 3.65. The molecule has 1 N–H and O–H groups in total. The van der Waals surface area contributed by atoms with Crippen molar-refractivity contribution in [1.29, 1.82) is 0 Å². The van der Waals surface area contributed by atoms with Crippen LogP contribution in [0.5, 0.6) is 0 Å². The van der Waals surface area contributed by atoms with E-state index in [0.29, 0.717) is 12.6 Å². The quantitative estimate of drug-likeness (QED) is 0.812. The predicted octanol–water partition coefficient (Wildman–Crippen LogP) is 2.39. The highest BCUT2D eigenvalue weighted by Gasteiger charge is 2.24. The number of hydrogen-bond acceptors (Lipinski definition) is 3. The molecule has 0 aromatic heterocycles. The van der Waals surface area contributed by atoms with E-state index < -0.39 is 0 Å². The topological polar surface area (TPSA) is 38.3 Å². The summed E-state index contributed by atoms with van der Waals surface area (Å²) in [7, 11) is 1.45. The van der Waals surface area contributed by atoms with Gasteiger partial charge in [-0.05, 0) is 25.3 Å². The summed E-state index contributed by atoms with van der Waals surface area (Å²) in [5, 5.41) is 3.45. The van der Waals surface area contributed by atoms with Crippen LogP contribution in [-0.4, -0.2) is 25.7 Å². The Kier molecular flexibility index (Phi) is 4.37. The summed E-state index contributed by atoms with van der Waals surface area (Å²) in [4.78, 5) is 11.9. The van der Waals surface area contributed by atoms with Gasteiger partial charge in [-0.1, -0.05) is 36.2 Å². The Balaban J connectivity index is 2.05. The van der Waals surface area contributed by atoms with Crippen LogP contribution in [0.15, 0.2) is 24.3 Å². The normalized spacial score (nSPS) is 17.0. The maximum Gasteiger partial charge on any atom is 0.314 e. The molecule has 0 radical (unpaired) electrons. The first-order valence-corrected chi connectivity index (χ1v) is 6.58. The van der Waals surface area contributed by atoms with E-state index >= 15 is 0 Å². The largest absolute Gasteiger partial charge is 0.469 e. The second-order valence-corrected chi connectivity index (χ2v) is 5.03. The molecule has 0 spiro atoms. The lowest BCUT2D eigenvalue weighted by Crippen LogP contribution is -2.39. The Labute approximate surface area is 109 Å². The minimum Gasteiger partial charge on any atom is -0.469 e. The highest BCUT2D eigenvalue weighted by molar-refractivity contribution is 5.78. The van der Waals surface area contributed by atoms with E-state index in [1.807, 2.05) is 25.1 Å². The van der Waals surface area contributed by atoms with Gasteiger partial charge < -0.3 is 10.1 Å². The summed E-state index contributed by atoms with van der Waals surface area (Å²) < 4.78 is 4.91. The highest BCUT2D eigenvalue weighted by Crippen LogP contribution is 2.22. The van der Waals surface area contributed by atoms with Crippen LogP contribution in [0.25, 0.3) is 0 Å². The van der Waals surface area contributed by atoms with Crippen molar-refractivity contribution in [3.8, 4) is 0 Å². The third-order valence-corrected chi connectivity index (χ3v) is 3.65. The van der Waals surface area contributed by atoms with Crippen LogP contribution < -0.4 is 5.32 Å². The van der Waals surface area contributed by atoms with Gasteiger partial charge in [-0.3, -0.25) is 4.79 Å². The monoisotopic (exact) mass is 247 g/mol. The molecule has 1 unspecified atom stereocenters. The van der Waals surface area contributed by atoms with Crippen LogP contribution in [0, 0.1) is 6.92 Å². The molecule has 18 heavy (non-hydrogen) atoms. The fourth-order valence-corrected chi connectivity index (χ4v) is 2.26. The predicted molar refractivity (Wildman–Crippen MR) is 71.6 cm³/mol. The standard InChI is InChI=1S/C15H21NO2/c1-11-5-3-6-12(9-11)14(15(17)18-2)10-16-13-7-4-8-13/h3,5-6,9,13-14,16H,4,7-8,10H2,1-2H3. The Hall–Kier alpha value is -1.35. The molecule has 2 rings (SSSR count). The molecular weight excluding hydrogens is 226 g/mol. The molecule has 3 nitrogen and oxygen atoms in total. The van der Waals surface area contributed by atoms with Crippen molar-refractivity contribution < 1.29 is 9.53 Å². The van der Waals surface area contributed by atoms with Crippen molar-refractivity contribution >= 4 is 5.97 Å². The van der Waals surface area contributed by atoms with Gasteiger partial charge in [-0.25, -0.2) is 0 Å². The molecule has 0 amide bonds. The van der Waals surface area contributed by atoms with Gasteiger partial charge >= 0.3 is 5.97 Å². The van der Waals surface area contributed by atoms with Crippen molar-refractivity contribution in [3.05, 3.63) is 35.4 Å². The molecule has 98 valence electrons. The smallest absolute Gasteiger partial charge is 0.314 e. The minimum atomic E-state index is -0.199. The summed E-state index contributed by atoms with van der Waals surface area (Å²) in [6.45, 7) is 2.71. The first-order valence-electron chi connectivity index (χ1n) is 6.58. The second kappa shape index (κ2) is 6.01. The number of methoxy groups -OCH3 is 1. The van der Waals surface area contributed by atoms with Crippen LogP contribution in [0.1, 0.15) is 36.3 Å². The molecule has 0 saturated heterocycles. The molecule has 0 bridgehead atoms. The number of ether oxygens (including phenoxy) is 1. The molecule has 1 aromatic rings. The zero-order chi connectivity index (χ0) is 13.0. The maximum atomic E-state index is 11.9. The molecule has 1 aliphatic carbocycles. The number of benzene rings is 1. The fourth-order valence-electron chi connectivity index (χ4n) is 2.26. The second-order valence-electron chi connectivity index (χ2n) is 5.03. The zero-order valence-corrected chi connectivity index (χ0v) is 11.1. The molecule has 1 fully saturated rings. The van der Waals surface area contributed by atoms with Gasteiger partial charge in [-0.15, -0.1) is 0 Å². The van der Waals surface area contributed by atoms with Crippen molar-refractivity contribution in [2.24, 2.45) is 0 Å². The molecule has 1 atom stereocenters. The van der Waals surface area contributed by atoms with E-state index in [0.717, 1.165) is 5.56 Å². The number of carbonyl (C=O) groups is 1. The number of aryl methyl sites for hydroxylation is 1. The van der Waals surface area contributed by atoms with Crippen LogP contribution in [0.2, 0.25) is 0 Å². The van der Waals surface area contributed by atoms with E-state index in [1.54, 1.807) is 0 Å². The SMILES string of the molecule is COC(=O)C(CNC1CCC1)c1cccc(C)c1. The molecule has 0 aliphatic heterocycles. The van der Waals surface area contributed by atoms with Crippen molar-refractivity contribution in [2.75, 3.05) is 13.7 Å². The van der Waals surface area contributed by atoms with Gasteiger partial charge in [0.25, 0.3) is 0 Å². The zero-order valence-electron chi connectivity index (χ0n) is 11.1. The lowest BCUT2D eigenvalue weighted by molar-refractivity contribution is -0.142. The lowest BCUT2D eigenvalue weighted by atomic mass is 9.91. The molecule has 3 heteroatoms. The van der Waals surface area contributed by atoms with E-state index in [9.17, 15) is 4.79 Å². The Morgan fingerprint density at radius 3 is 2.83 bits per heavy atom. The lowest BCUT2D eigenvalue weighted by Gasteiger charge is -2.28. The average molecular weight is 247 g/mol. The summed E-state index contributed by atoms with van der Waals surface area (Å²) in [5.74, 6) is -0.358. The van der Waals surface area contributed by atoms with Gasteiger partial charge in [0.1, 0.15) is 0 Å². The third kappa shape index (κ3) is 3.10. The number of carbonyl (C=O) groups excluding carboxylic acids is 1. The van der Waals surface area contributed by atoms with Gasteiger partial charge in [0.2, 0.25) is 0 Å². The van der Waals surface area contributed by atoms with Crippen molar-refractivity contribution in [1.82, 2.24) is 5.32 Å². The number of rotatable bonds is 5. The van der Waals surface area contributed by atoms with Crippen LogP contribution in [-0.2, 0) is 9.53 Å². The van der Waals surface area contributed by atoms with E-state index in [2.05, 4.69) is 11.4 Å². The number of esters is 1. The average Bonchev–Trinajstić information content (AvgIpc) is 2.31. The fraction of sp³-hybridized carbons (Fsp3) is 0.533. The van der Waals surface area contributed by atoms with Crippen LogP contribution in [0.3, 0.4) is 0 Å². The maximum absolute atomic E-state index is 11.9. The minimum absolute atomic E-state index is 0.160. The molecular formula is C15H21NO2.